The highest BCUT2D eigenvalue weighted by Gasteiger charge is 2.04. The van der Waals surface area contributed by atoms with Crippen LogP contribution in [0, 0.1) is 0 Å². The average Bonchev–Trinajstić information content (AvgIpc) is 2.31. The van der Waals surface area contributed by atoms with Crippen LogP contribution in [0.3, 0.4) is 0 Å². The second-order valence-electron chi connectivity index (χ2n) is 4.56. The minimum absolute atomic E-state index is 0.169. The van der Waals surface area contributed by atoms with E-state index in [1.54, 1.807) is 0 Å². The maximum Gasteiger partial charge on any atom is 0.119 e. The largest absolute Gasteiger partial charge is 0.491 e. The van der Waals surface area contributed by atoms with Crippen molar-refractivity contribution in [2.24, 2.45) is 0 Å². The summed E-state index contributed by atoms with van der Waals surface area (Å²) in [7, 11) is 0. The quantitative estimate of drug-likeness (QED) is 0.718. The third kappa shape index (κ3) is 5.34. The van der Waals surface area contributed by atoms with Gasteiger partial charge in [0.15, 0.2) is 0 Å². The molecule has 3 heteroatoms. The van der Waals surface area contributed by atoms with Gasteiger partial charge in [0.2, 0.25) is 0 Å². The maximum atomic E-state index is 8.99. The van der Waals surface area contributed by atoms with Gasteiger partial charge < -0.3 is 9.84 Å². The van der Waals surface area contributed by atoms with Crippen LogP contribution in [-0.4, -0.2) is 35.8 Å². The zero-order chi connectivity index (χ0) is 13.4. The van der Waals surface area contributed by atoms with Gasteiger partial charge in [0, 0.05) is 19.6 Å². The first-order valence-electron chi connectivity index (χ1n) is 6.35. The summed E-state index contributed by atoms with van der Waals surface area (Å²) in [6.07, 6.45) is 2.05. The fourth-order valence-corrected chi connectivity index (χ4v) is 1.76. The molecular formula is C15H23NO2. The van der Waals surface area contributed by atoms with Crippen LogP contribution in [-0.2, 0) is 6.54 Å². The van der Waals surface area contributed by atoms with Crippen LogP contribution in [0.1, 0.15) is 19.4 Å². The van der Waals surface area contributed by atoms with E-state index in [1.807, 2.05) is 32.1 Å². The van der Waals surface area contributed by atoms with Gasteiger partial charge in [-0.15, -0.1) is 6.58 Å². The number of aliphatic hydroxyl groups excluding tert-OH is 1. The summed E-state index contributed by atoms with van der Waals surface area (Å²) in [5.41, 5.74) is 1.21. The summed E-state index contributed by atoms with van der Waals surface area (Å²) < 4.78 is 5.60. The Hall–Kier alpha value is -1.32. The molecule has 0 heterocycles. The Morgan fingerprint density at radius 1 is 1.33 bits per heavy atom. The minimum Gasteiger partial charge on any atom is -0.491 e. The van der Waals surface area contributed by atoms with Gasteiger partial charge in [-0.2, -0.15) is 0 Å². The molecule has 0 unspecified atom stereocenters. The summed E-state index contributed by atoms with van der Waals surface area (Å²) in [6.45, 7) is 10.2. The predicted octanol–water partition coefficient (Wildman–Crippen LogP) is 2.45. The number of rotatable bonds is 8. The van der Waals surface area contributed by atoms with Crippen LogP contribution < -0.4 is 4.74 Å². The molecule has 0 atom stereocenters. The van der Waals surface area contributed by atoms with Crippen LogP contribution in [0.2, 0.25) is 0 Å². The molecule has 100 valence electrons. The molecule has 1 rings (SSSR count). The van der Waals surface area contributed by atoms with Crippen LogP contribution in [0.15, 0.2) is 36.9 Å². The van der Waals surface area contributed by atoms with Crippen molar-refractivity contribution in [2.45, 2.75) is 26.5 Å². The van der Waals surface area contributed by atoms with Crippen molar-refractivity contribution in [2.75, 3.05) is 19.7 Å². The van der Waals surface area contributed by atoms with E-state index in [4.69, 9.17) is 9.84 Å². The van der Waals surface area contributed by atoms with E-state index in [0.717, 1.165) is 18.8 Å². The Morgan fingerprint density at radius 2 is 2.00 bits per heavy atom. The SMILES string of the molecule is C=CCN(CCO)Cc1ccc(OC(C)C)cc1. The fourth-order valence-electron chi connectivity index (χ4n) is 1.76. The molecule has 0 saturated heterocycles. The average molecular weight is 249 g/mol. The third-order valence-corrected chi connectivity index (χ3v) is 2.50. The number of nitrogens with zero attached hydrogens (tertiary/aromatic N) is 1. The topological polar surface area (TPSA) is 32.7 Å². The molecule has 0 aliphatic heterocycles. The van der Waals surface area contributed by atoms with E-state index in [2.05, 4.69) is 23.6 Å². The monoisotopic (exact) mass is 249 g/mol. The summed E-state index contributed by atoms with van der Waals surface area (Å²) in [5, 5.41) is 8.99. The van der Waals surface area contributed by atoms with Gasteiger partial charge in [0.1, 0.15) is 5.75 Å². The number of hydrogen-bond acceptors (Lipinski definition) is 3. The lowest BCUT2D eigenvalue weighted by molar-refractivity contribution is 0.203. The molecule has 0 radical (unpaired) electrons. The third-order valence-electron chi connectivity index (χ3n) is 2.50. The second kappa shape index (κ2) is 7.90. The standard InChI is InChI=1S/C15H23NO2/c1-4-9-16(10-11-17)12-14-5-7-15(8-6-14)18-13(2)3/h4-8,13,17H,1,9-12H2,2-3H3. The maximum absolute atomic E-state index is 8.99. The molecule has 0 bridgehead atoms. The number of ether oxygens (including phenoxy) is 1. The molecule has 0 aliphatic rings. The van der Waals surface area contributed by atoms with Crippen LogP contribution in [0.25, 0.3) is 0 Å². The van der Waals surface area contributed by atoms with E-state index < -0.39 is 0 Å². The van der Waals surface area contributed by atoms with Crippen molar-refractivity contribution in [1.29, 1.82) is 0 Å². The van der Waals surface area contributed by atoms with E-state index in [1.165, 1.54) is 5.56 Å². The number of aliphatic hydroxyl groups is 1. The molecule has 0 aliphatic carbocycles. The van der Waals surface area contributed by atoms with Crippen molar-refractivity contribution in [3.63, 3.8) is 0 Å². The summed E-state index contributed by atoms with van der Waals surface area (Å²) in [6, 6.07) is 8.09. The Labute approximate surface area is 110 Å². The molecule has 0 amide bonds. The fraction of sp³-hybridized carbons (Fsp3) is 0.467. The molecule has 0 saturated carbocycles. The van der Waals surface area contributed by atoms with E-state index >= 15 is 0 Å². The Kier molecular flexibility index (Phi) is 6.47. The molecule has 0 aromatic heterocycles. The zero-order valence-corrected chi connectivity index (χ0v) is 11.3. The highest BCUT2D eigenvalue weighted by Crippen LogP contribution is 2.15. The van der Waals surface area contributed by atoms with E-state index in [0.29, 0.717) is 6.54 Å². The van der Waals surface area contributed by atoms with Crippen molar-refractivity contribution in [1.82, 2.24) is 4.90 Å². The first kappa shape index (κ1) is 14.7. The van der Waals surface area contributed by atoms with Gasteiger partial charge in [-0.05, 0) is 31.5 Å². The molecule has 1 aromatic carbocycles. The molecular weight excluding hydrogens is 226 g/mol. The Balaban J connectivity index is 2.57. The minimum atomic E-state index is 0.169. The normalized spacial score (nSPS) is 10.9. The number of hydrogen-bond donors (Lipinski definition) is 1. The molecule has 1 aromatic rings. The highest BCUT2D eigenvalue weighted by atomic mass is 16.5. The predicted molar refractivity (Wildman–Crippen MR) is 74.8 cm³/mol. The number of benzene rings is 1. The van der Waals surface area contributed by atoms with Gasteiger partial charge in [0.05, 0.1) is 12.7 Å². The zero-order valence-electron chi connectivity index (χ0n) is 11.3. The van der Waals surface area contributed by atoms with Crippen molar-refractivity contribution < 1.29 is 9.84 Å². The molecule has 0 spiro atoms. The Bertz CT molecular complexity index is 346. The lowest BCUT2D eigenvalue weighted by Gasteiger charge is -2.19. The first-order valence-corrected chi connectivity index (χ1v) is 6.35. The van der Waals surface area contributed by atoms with Crippen LogP contribution >= 0.6 is 0 Å². The van der Waals surface area contributed by atoms with Crippen molar-refractivity contribution in [3.8, 4) is 5.75 Å². The van der Waals surface area contributed by atoms with Crippen molar-refractivity contribution >= 4 is 0 Å². The van der Waals surface area contributed by atoms with Gasteiger partial charge >= 0.3 is 0 Å². The van der Waals surface area contributed by atoms with Gasteiger partial charge in [-0.25, -0.2) is 0 Å². The highest BCUT2D eigenvalue weighted by molar-refractivity contribution is 5.27. The smallest absolute Gasteiger partial charge is 0.119 e. The lowest BCUT2D eigenvalue weighted by atomic mass is 10.2. The van der Waals surface area contributed by atoms with E-state index in [9.17, 15) is 0 Å². The van der Waals surface area contributed by atoms with E-state index in [-0.39, 0.29) is 12.7 Å². The van der Waals surface area contributed by atoms with Gasteiger partial charge in [-0.3, -0.25) is 4.90 Å². The molecule has 3 nitrogen and oxygen atoms in total. The summed E-state index contributed by atoms with van der Waals surface area (Å²) in [4.78, 5) is 2.14. The van der Waals surface area contributed by atoms with Crippen LogP contribution in [0.4, 0.5) is 0 Å². The molecule has 1 N–H and O–H groups in total. The van der Waals surface area contributed by atoms with Gasteiger partial charge in [-0.1, -0.05) is 18.2 Å². The molecule has 0 fully saturated rings. The Morgan fingerprint density at radius 3 is 2.50 bits per heavy atom. The summed E-state index contributed by atoms with van der Waals surface area (Å²) in [5.74, 6) is 0.895. The molecule has 18 heavy (non-hydrogen) atoms. The van der Waals surface area contributed by atoms with Crippen LogP contribution in [0.5, 0.6) is 5.75 Å². The summed E-state index contributed by atoms with van der Waals surface area (Å²) >= 11 is 0. The lowest BCUT2D eigenvalue weighted by Crippen LogP contribution is -2.26. The second-order valence-corrected chi connectivity index (χ2v) is 4.56. The van der Waals surface area contributed by atoms with Crippen molar-refractivity contribution in [3.05, 3.63) is 42.5 Å². The first-order chi connectivity index (χ1) is 8.65. The van der Waals surface area contributed by atoms with Gasteiger partial charge in [0.25, 0.3) is 0 Å².